The van der Waals surface area contributed by atoms with E-state index < -0.39 is 0 Å². The summed E-state index contributed by atoms with van der Waals surface area (Å²) in [5.74, 6) is 0. The number of rotatable bonds is 4. The van der Waals surface area contributed by atoms with Gasteiger partial charge in [-0.15, -0.1) is 0 Å². The molecule has 0 atom stereocenters. The second-order valence-electron chi connectivity index (χ2n) is 3.46. The highest BCUT2D eigenvalue weighted by molar-refractivity contribution is 4.75. The lowest BCUT2D eigenvalue weighted by Crippen LogP contribution is -2.44. The molecule has 1 saturated heterocycles. The molecule has 3 heteroatoms. The van der Waals surface area contributed by atoms with E-state index in [-0.39, 0.29) is 0 Å². The monoisotopic (exact) mass is 171 g/mol. The number of likely N-dealkylation sites (tertiary alicyclic amines) is 1. The maximum atomic E-state index is 3.50. The highest BCUT2D eigenvalue weighted by Gasteiger charge is 2.16. The Balaban J connectivity index is 2.11. The third kappa shape index (κ3) is 3.09. The molecule has 2 N–H and O–H groups in total. The molecule has 0 aromatic rings. The lowest BCUT2D eigenvalue weighted by atomic mass is 10.1. The molecule has 0 amide bonds. The molecular formula is C9H21N3. The Morgan fingerprint density at radius 1 is 1.33 bits per heavy atom. The summed E-state index contributed by atoms with van der Waals surface area (Å²) in [6, 6.07) is 0.767. The van der Waals surface area contributed by atoms with Crippen LogP contribution in [-0.4, -0.2) is 44.3 Å². The van der Waals surface area contributed by atoms with Crippen molar-refractivity contribution in [2.24, 2.45) is 0 Å². The molecule has 0 unspecified atom stereocenters. The average Bonchev–Trinajstić information content (AvgIpc) is 2.09. The lowest BCUT2D eigenvalue weighted by Gasteiger charge is -2.31. The Kier molecular flexibility index (Phi) is 4.58. The first-order valence-electron chi connectivity index (χ1n) is 4.97. The quantitative estimate of drug-likeness (QED) is 0.634. The molecule has 0 aromatic heterocycles. The standard InChI is InChI=1S/C9H21N3/c1-3-11-9-4-6-12(7-5-9)8-10-2/h9-11H,3-8H2,1-2H3. The molecule has 0 aromatic carbocycles. The van der Waals surface area contributed by atoms with Gasteiger partial charge < -0.3 is 10.6 Å². The zero-order valence-electron chi connectivity index (χ0n) is 8.27. The van der Waals surface area contributed by atoms with Crippen LogP contribution in [0.2, 0.25) is 0 Å². The van der Waals surface area contributed by atoms with Crippen LogP contribution in [0.3, 0.4) is 0 Å². The summed E-state index contributed by atoms with van der Waals surface area (Å²) >= 11 is 0. The van der Waals surface area contributed by atoms with E-state index in [9.17, 15) is 0 Å². The maximum absolute atomic E-state index is 3.50. The van der Waals surface area contributed by atoms with Gasteiger partial charge in [0.2, 0.25) is 0 Å². The van der Waals surface area contributed by atoms with Gasteiger partial charge in [-0.3, -0.25) is 4.90 Å². The van der Waals surface area contributed by atoms with Crippen LogP contribution >= 0.6 is 0 Å². The second-order valence-corrected chi connectivity index (χ2v) is 3.46. The zero-order valence-corrected chi connectivity index (χ0v) is 8.27. The van der Waals surface area contributed by atoms with Gasteiger partial charge in [0.15, 0.2) is 0 Å². The second kappa shape index (κ2) is 5.51. The number of piperidine rings is 1. The average molecular weight is 171 g/mol. The smallest absolute Gasteiger partial charge is 0.0478 e. The molecule has 0 aliphatic carbocycles. The third-order valence-electron chi connectivity index (χ3n) is 2.46. The molecule has 1 fully saturated rings. The van der Waals surface area contributed by atoms with Crippen molar-refractivity contribution in [3.8, 4) is 0 Å². The molecular weight excluding hydrogens is 150 g/mol. The summed E-state index contributed by atoms with van der Waals surface area (Å²) in [7, 11) is 2.01. The summed E-state index contributed by atoms with van der Waals surface area (Å²) in [5.41, 5.74) is 0. The predicted molar refractivity (Wildman–Crippen MR) is 52.2 cm³/mol. The van der Waals surface area contributed by atoms with Crippen LogP contribution in [0.15, 0.2) is 0 Å². The molecule has 1 aliphatic rings. The number of nitrogens with one attached hydrogen (secondary N) is 2. The Morgan fingerprint density at radius 2 is 2.00 bits per heavy atom. The van der Waals surface area contributed by atoms with Crippen molar-refractivity contribution in [2.75, 3.05) is 33.4 Å². The molecule has 1 aliphatic heterocycles. The Labute approximate surface area is 75.5 Å². The summed E-state index contributed by atoms with van der Waals surface area (Å²) in [6.45, 7) is 6.80. The van der Waals surface area contributed by atoms with Crippen molar-refractivity contribution >= 4 is 0 Å². The van der Waals surface area contributed by atoms with E-state index in [1.54, 1.807) is 0 Å². The van der Waals surface area contributed by atoms with Gasteiger partial charge in [-0.05, 0) is 26.4 Å². The van der Waals surface area contributed by atoms with E-state index >= 15 is 0 Å². The first kappa shape index (κ1) is 9.96. The Bertz CT molecular complexity index is 94.3. The van der Waals surface area contributed by atoms with Gasteiger partial charge in [-0.1, -0.05) is 6.92 Å². The van der Waals surface area contributed by atoms with Crippen molar-refractivity contribution in [1.29, 1.82) is 0 Å². The Hall–Kier alpha value is -0.120. The van der Waals surface area contributed by atoms with Crippen LogP contribution in [0.4, 0.5) is 0 Å². The summed E-state index contributed by atoms with van der Waals surface area (Å²) in [5, 5.41) is 6.69. The molecule has 3 nitrogen and oxygen atoms in total. The van der Waals surface area contributed by atoms with Crippen LogP contribution in [0.1, 0.15) is 19.8 Å². The van der Waals surface area contributed by atoms with E-state index in [1.165, 1.54) is 25.9 Å². The third-order valence-corrected chi connectivity index (χ3v) is 2.46. The summed E-state index contributed by atoms with van der Waals surface area (Å²) < 4.78 is 0. The zero-order chi connectivity index (χ0) is 8.81. The lowest BCUT2D eigenvalue weighted by molar-refractivity contribution is 0.190. The van der Waals surface area contributed by atoms with Crippen LogP contribution in [0.25, 0.3) is 0 Å². The fourth-order valence-electron chi connectivity index (χ4n) is 1.81. The number of hydrogen-bond acceptors (Lipinski definition) is 3. The van der Waals surface area contributed by atoms with Crippen molar-refractivity contribution in [1.82, 2.24) is 15.5 Å². The van der Waals surface area contributed by atoms with Gasteiger partial charge >= 0.3 is 0 Å². The maximum Gasteiger partial charge on any atom is 0.0478 e. The molecule has 0 bridgehead atoms. The van der Waals surface area contributed by atoms with E-state index in [0.717, 1.165) is 19.3 Å². The van der Waals surface area contributed by atoms with Crippen LogP contribution in [-0.2, 0) is 0 Å². The highest BCUT2D eigenvalue weighted by atomic mass is 15.2. The van der Waals surface area contributed by atoms with E-state index in [0.29, 0.717) is 0 Å². The van der Waals surface area contributed by atoms with Gasteiger partial charge in [0.05, 0.1) is 0 Å². The van der Waals surface area contributed by atoms with Crippen molar-refractivity contribution in [2.45, 2.75) is 25.8 Å². The number of hydrogen-bond donors (Lipinski definition) is 2. The van der Waals surface area contributed by atoms with Gasteiger partial charge in [0, 0.05) is 25.8 Å². The van der Waals surface area contributed by atoms with Crippen molar-refractivity contribution in [3.05, 3.63) is 0 Å². The topological polar surface area (TPSA) is 27.3 Å². The summed E-state index contributed by atoms with van der Waals surface area (Å²) in [4.78, 5) is 2.47. The van der Waals surface area contributed by atoms with Gasteiger partial charge in [-0.2, -0.15) is 0 Å². The van der Waals surface area contributed by atoms with Crippen LogP contribution in [0.5, 0.6) is 0 Å². The molecule has 1 rings (SSSR count). The van der Waals surface area contributed by atoms with Gasteiger partial charge in [-0.25, -0.2) is 0 Å². The van der Waals surface area contributed by atoms with E-state index in [1.807, 2.05) is 7.05 Å². The van der Waals surface area contributed by atoms with Gasteiger partial charge in [0.1, 0.15) is 0 Å². The minimum Gasteiger partial charge on any atom is -0.314 e. The van der Waals surface area contributed by atoms with E-state index in [4.69, 9.17) is 0 Å². The Morgan fingerprint density at radius 3 is 2.50 bits per heavy atom. The van der Waals surface area contributed by atoms with Crippen molar-refractivity contribution in [3.63, 3.8) is 0 Å². The largest absolute Gasteiger partial charge is 0.314 e. The minimum atomic E-state index is 0.767. The molecule has 1 heterocycles. The number of nitrogens with zero attached hydrogens (tertiary/aromatic N) is 1. The predicted octanol–water partition coefficient (Wildman–Crippen LogP) is 0.237. The van der Waals surface area contributed by atoms with Crippen molar-refractivity contribution < 1.29 is 0 Å². The summed E-state index contributed by atoms with van der Waals surface area (Å²) in [6.07, 6.45) is 2.60. The minimum absolute atomic E-state index is 0.767. The fourth-order valence-corrected chi connectivity index (χ4v) is 1.81. The first-order chi connectivity index (χ1) is 5.86. The van der Waals surface area contributed by atoms with Gasteiger partial charge in [0.25, 0.3) is 0 Å². The molecule has 0 spiro atoms. The van der Waals surface area contributed by atoms with E-state index in [2.05, 4.69) is 22.5 Å². The molecule has 12 heavy (non-hydrogen) atoms. The highest BCUT2D eigenvalue weighted by Crippen LogP contribution is 2.08. The normalized spacial score (nSPS) is 21.5. The fraction of sp³-hybridized carbons (Fsp3) is 1.00. The first-order valence-corrected chi connectivity index (χ1v) is 4.97. The molecule has 0 saturated carbocycles. The molecule has 72 valence electrons. The van der Waals surface area contributed by atoms with Crippen LogP contribution in [0, 0.1) is 0 Å². The van der Waals surface area contributed by atoms with Crippen LogP contribution < -0.4 is 10.6 Å². The molecule has 0 radical (unpaired) electrons. The SMILES string of the molecule is CCNC1CCN(CNC)CC1.